The molecule has 0 aliphatic rings. The summed E-state index contributed by atoms with van der Waals surface area (Å²) in [5.41, 5.74) is 10.1. The highest BCUT2D eigenvalue weighted by Crippen LogP contribution is 2.30. The third-order valence-electron chi connectivity index (χ3n) is 1.70. The zero-order chi connectivity index (χ0) is 10.8. The maximum absolute atomic E-state index is 12.2. The van der Waals surface area contributed by atoms with Crippen LogP contribution in [0.15, 0.2) is 30.5 Å². The van der Waals surface area contributed by atoms with Gasteiger partial charge in [-0.3, -0.25) is 0 Å². The number of hydrogen-bond acceptors (Lipinski definition) is 2. The quantitative estimate of drug-likeness (QED) is 0.730. The van der Waals surface area contributed by atoms with Crippen LogP contribution in [0.1, 0.15) is 11.1 Å². The standard InChI is InChI=1S/C9H9F3N2/c10-9(11,12)7-3-1-2-6(4-7)8(14)5-13/h1-5H,13-14H2/b8-5-. The Balaban J connectivity index is 3.14. The fraction of sp³-hybridized carbons (Fsp3) is 0.111. The van der Waals surface area contributed by atoms with E-state index >= 15 is 0 Å². The molecule has 0 atom stereocenters. The van der Waals surface area contributed by atoms with Crippen LogP contribution in [0.3, 0.4) is 0 Å². The van der Waals surface area contributed by atoms with Gasteiger partial charge in [-0.05, 0) is 17.7 Å². The molecule has 0 spiro atoms. The van der Waals surface area contributed by atoms with E-state index < -0.39 is 11.7 Å². The first-order valence-electron chi connectivity index (χ1n) is 3.80. The number of halogens is 3. The van der Waals surface area contributed by atoms with Gasteiger partial charge in [-0.15, -0.1) is 0 Å². The Morgan fingerprint density at radius 2 is 1.93 bits per heavy atom. The molecule has 5 heteroatoms. The minimum Gasteiger partial charge on any atom is -0.403 e. The second-order valence-corrected chi connectivity index (χ2v) is 2.70. The second-order valence-electron chi connectivity index (χ2n) is 2.70. The molecular formula is C9H9F3N2. The van der Waals surface area contributed by atoms with Crippen molar-refractivity contribution in [3.8, 4) is 0 Å². The van der Waals surface area contributed by atoms with Crippen LogP contribution in [0.25, 0.3) is 5.70 Å². The highest BCUT2D eigenvalue weighted by Gasteiger charge is 2.30. The highest BCUT2D eigenvalue weighted by molar-refractivity contribution is 5.62. The van der Waals surface area contributed by atoms with Gasteiger partial charge >= 0.3 is 6.18 Å². The van der Waals surface area contributed by atoms with E-state index in [0.717, 1.165) is 18.3 Å². The van der Waals surface area contributed by atoms with Crippen LogP contribution >= 0.6 is 0 Å². The normalized spacial score (nSPS) is 12.9. The van der Waals surface area contributed by atoms with E-state index in [1.165, 1.54) is 12.1 Å². The predicted molar refractivity (Wildman–Crippen MR) is 47.8 cm³/mol. The number of rotatable bonds is 1. The number of benzene rings is 1. The topological polar surface area (TPSA) is 52.0 Å². The SMILES string of the molecule is N/C=C(\N)c1cccc(C(F)(F)F)c1. The van der Waals surface area contributed by atoms with Gasteiger partial charge in [0.25, 0.3) is 0 Å². The summed E-state index contributed by atoms with van der Waals surface area (Å²) in [5.74, 6) is 0. The molecule has 1 aromatic rings. The molecule has 0 unspecified atom stereocenters. The lowest BCUT2D eigenvalue weighted by molar-refractivity contribution is -0.137. The molecule has 0 saturated heterocycles. The average Bonchev–Trinajstić information content (AvgIpc) is 2.15. The molecule has 0 aromatic heterocycles. The largest absolute Gasteiger partial charge is 0.416 e. The molecule has 0 saturated carbocycles. The van der Waals surface area contributed by atoms with Gasteiger partial charge in [-0.2, -0.15) is 13.2 Å². The van der Waals surface area contributed by atoms with Gasteiger partial charge in [0, 0.05) is 6.20 Å². The lowest BCUT2D eigenvalue weighted by Gasteiger charge is -2.08. The monoisotopic (exact) mass is 202 g/mol. The lowest BCUT2D eigenvalue weighted by atomic mass is 10.1. The molecule has 4 N–H and O–H groups in total. The van der Waals surface area contributed by atoms with Crippen LogP contribution in [0.2, 0.25) is 0 Å². The van der Waals surface area contributed by atoms with Crippen LogP contribution in [0.4, 0.5) is 13.2 Å². The first kappa shape index (κ1) is 10.4. The molecule has 0 aliphatic heterocycles. The summed E-state index contributed by atoms with van der Waals surface area (Å²) in [7, 11) is 0. The minimum atomic E-state index is -4.36. The summed E-state index contributed by atoms with van der Waals surface area (Å²) in [6, 6.07) is 4.69. The Bertz CT molecular complexity index is 355. The van der Waals surface area contributed by atoms with Gasteiger partial charge in [0.2, 0.25) is 0 Å². The van der Waals surface area contributed by atoms with E-state index in [1.807, 2.05) is 0 Å². The summed E-state index contributed by atoms with van der Waals surface area (Å²) in [6.07, 6.45) is -3.29. The molecule has 76 valence electrons. The van der Waals surface area contributed by atoms with E-state index in [1.54, 1.807) is 0 Å². The second kappa shape index (κ2) is 3.61. The summed E-state index contributed by atoms with van der Waals surface area (Å²) < 4.78 is 36.7. The first-order valence-corrected chi connectivity index (χ1v) is 3.80. The van der Waals surface area contributed by atoms with Crippen molar-refractivity contribution in [2.24, 2.45) is 11.5 Å². The Kier molecular flexibility index (Phi) is 2.69. The Labute approximate surface area is 79.0 Å². The fourth-order valence-corrected chi connectivity index (χ4v) is 0.971. The van der Waals surface area contributed by atoms with Crippen LogP contribution < -0.4 is 11.5 Å². The van der Waals surface area contributed by atoms with Gasteiger partial charge in [0.1, 0.15) is 0 Å². The molecule has 0 amide bonds. The fourth-order valence-electron chi connectivity index (χ4n) is 0.971. The van der Waals surface area contributed by atoms with E-state index in [9.17, 15) is 13.2 Å². The Morgan fingerprint density at radius 1 is 1.29 bits per heavy atom. The molecule has 0 radical (unpaired) electrons. The van der Waals surface area contributed by atoms with Crippen molar-refractivity contribution in [3.63, 3.8) is 0 Å². The molecule has 0 bridgehead atoms. The van der Waals surface area contributed by atoms with E-state index in [4.69, 9.17) is 11.5 Å². The number of hydrogen-bond donors (Lipinski definition) is 2. The molecule has 0 heterocycles. The number of alkyl halides is 3. The number of nitrogens with two attached hydrogens (primary N) is 2. The van der Waals surface area contributed by atoms with Crippen LogP contribution in [0, 0.1) is 0 Å². The van der Waals surface area contributed by atoms with Gasteiger partial charge < -0.3 is 11.5 Å². The smallest absolute Gasteiger partial charge is 0.403 e. The Hall–Kier alpha value is -1.65. The van der Waals surface area contributed by atoms with Crippen LogP contribution in [-0.2, 0) is 6.18 Å². The minimum absolute atomic E-state index is 0.121. The van der Waals surface area contributed by atoms with Gasteiger partial charge in [-0.1, -0.05) is 12.1 Å². The zero-order valence-corrected chi connectivity index (χ0v) is 7.18. The summed E-state index contributed by atoms with van der Waals surface area (Å²) in [4.78, 5) is 0. The molecule has 1 aromatic carbocycles. The van der Waals surface area contributed by atoms with Crippen molar-refractivity contribution in [2.75, 3.05) is 0 Å². The van der Waals surface area contributed by atoms with Crippen molar-refractivity contribution in [1.29, 1.82) is 0 Å². The van der Waals surface area contributed by atoms with Crippen LogP contribution in [-0.4, -0.2) is 0 Å². The molecule has 1 rings (SSSR count). The summed E-state index contributed by atoms with van der Waals surface area (Å²) >= 11 is 0. The van der Waals surface area contributed by atoms with Gasteiger partial charge in [0.15, 0.2) is 0 Å². The highest BCUT2D eigenvalue weighted by atomic mass is 19.4. The van der Waals surface area contributed by atoms with Crippen LogP contribution in [0.5, 0.6) is 0 Å². The van der Waals surface area contributed by atoms with Gasteiger partial charge in [-0.25, -0.2) is 0 Å². The van der Waals surface area contributed by atoms with E-state index in [0.29, 0.717) is 0 Å². The summed E-state index contributed by atoms with van der Waals surface area (Å²) in [6.45, 7) is 0. The first-order chi connectivity index (χ1) is 6.45. The van der Waals surface area contributed by atoms with Crippen molar-refractivity contribution in [3.05, 3.63) is 41.6 Å². The zero-order valence-electron chi connectivity index (χ0n) is 7.18. The van der Waals surface area contributed by atoms with Gasteiger partial charge in [0.05, 0.1) is 11.3 Å². The Morgan fingerprint density at radius 3 is 2.43 bits per heavy atom. The summed E-state index contributed by atoms with van der Waals surface area (Å²) in [5, 5.41) is 0. The lowest BCUT2D eigenvalue weighted by Crippen LogP contribution is -2.07. The maximum atomic E-state index is 12.2. The van der Waals surface area contributed by atoms with Crippen molar-refractivity contribution < 1.29 is 13.2 Å². The third-order valence-corrected chi connectivity index (χ3v) is 1.70. The molecule has 0 aliphatic carbocycles. The van der Waals surface area contributed by atoms with E-state index in [2.05, 4.69) is 0 Å². The predicted octanol–water partition coefficient (Wildman–Crippen LogP) is 1.92. The molecular weight excluding hydrogens is 193 g/mol. The average molecular weight is 202 g/mol. The molecule has 14 heavy (non-hydrogen) atoms. The molecule has 0 fully saturated rings. The van der Waals surface area contributed by atoms with Crippen molar-refractivity contribution >= 4 is 5.70 Å². The van der Waals surface area contributed by atoms with E-state index in [-0.39, 0.29) is 11.3 Å². The van der Waals surface area contributed by atoms with Crippen molar-refractivity contribution in [1.82, 2.24) is 0 Å². The third kappa shape index (κ3) is 2.18. The maximum Gasteiger partial charge on any atom is 0.416 e. The van der Waals surface area contributed by atoms with Crippen molar-refractivity contribution in [2.45, 2.75) is 6.18 Å². The molecule has 2 nitrogen and oxygen atoms in total.